The van der Waals surface area contributed by atoms with Crippen molar-refractivity contribution in [3.63, 3.8) is 0 Å². The lowest BCUT2D eigenvalue weighted by Gasteiger charge is -2.29. The number of allylic oxidation sites excluding steroid dienone is 1. The summed E-state index contributed by atoms with van der Waals surface area (Å²) in [5.41, 5.74) is 2.05. The molecule has 0 saturated carbocycles. The largest absolute Gasteiger partial charge is 0.484 e. The van der Waals surface area contributed by atoms with E-state index in [1.165, 1.54) is 7.11 Å². The van der Waals surface area contributed by atoms with Gasteiger partial charge in [-0.25, -0.2) is 4.99 Å². The molecule has 2 amide bonds. The van der Waals surface area contributed by atoms with Crippen molar-refractivity contribution in [3.05, 3.63) is 71.7 Å². The zero-order valence-corrected chi connectivity index (χ0v) is 19.0. The molecule has 0 radical (unpaired) electrons. The highest BCUT2D eigenvalue weighted by molar-refractivity contribution is 5.95. The molecule has 0 bridgehead atoms. The van der Waals surface area contributed by atoms with Gasteiger partial charge in [0.1, 0.15) is 11.4 Å². The Labute approximate surface area is 184 Å². The summed E-state index contributed by atoms with van der Waals surface area (Å²) in [5, 5.41) is 2.96. The van der Waals surface area contributed by atoms with Gasteiger partial charge in [0, 0.05) is 39.8 Å². The van der Waals surface area contributed by atoms with Crippen LogP contribution in [0.4, 0.5) is 0 Å². The van der Waals surface area contributed by atoms with Crippen LogP contribution in [-0.2, 0) is 23.0 Å². The number of hydrogen-bond acceptors (Lipinski definition) is 4. The fourth-order valence-corrected chi connectivity index (χ4v) is 3.26. The molecule has 0 aliphatic rings. The number of nitrogens with zero attached hydrogens (tertiary/aromatic N) is 3. The quantitative estimate of drug-likeness (QED) is 0.382. The van der Waals surface area contributed by atoms with Crippen LogP contribution in [0.5, 0.6) is 0 Å². The van der Waals surface area contributed by atoms with E-state index in [4.69, 9.17) is 4.74 Å². The number of benzene rings is 1. The standard InChI is InChI=1S/C24H32N4O3/c1-6-21(26-18(2)31-5)24(30)28(4)20(17-19-11-8-7-9-12-19)14-15-25-23(29)22-13-10-16-27(22)3/h6-13,16,20H,14-15,17H2,1-5H3,(H,25,29). The van der Waals surface area contributed by atoms with Crippen LogP contribution in [0.15, 0.2) is 65.4 Å². The number of aromatic nitrogens is 1. The summed E-state index contributed by atoms with van der Waals surface area (Å²) in [5.74, 6) is 0.104. The Morgan fingerprint density at radius 3 is 2.52 bits per heavy atom. The lowest BCUT2D eigenvalue weighted by atomic mass is 10.0. The van der Waals surface area contributed by atoms with Crippen molar-refractivity contribution in [1.29, 1.82) is 0 Å². The van der Waals surface area contributed by atoms with Crippen LogP contribution in [0.2, 0.25) is 0 Å². The normalized spacial score (nSPS) is 12.9. The van der Waals surface area contributed by atoms with E-state index in [2.05, 4.69) is 10.3 Å². The smallest absolute Gasteiger partial charge is 0.272 e. The lowest BCUT2D eigenvalue weighted by Crippen LogP contribution is -2.41. The zero-order chi connectivity index (χ0) is 22.8. The summed E-state index contributed by atoms with van der Waals surface area (Å²) in [6.07, 6.45) is 4.79. The molecule has 0 fully saturated rings. The number of hydrogen-bond donors (Lipinski definition) is 1. The van der Waals surface area contributed by atoms with Crippen LogP contribution in [-0.4, -0.2) is 53.9 Å². The Balaban J connectivity index is 2.12. The minimum atomic E-state index is -0.186. The molecule has 0 aliphatic carbocycles. The van der Waals surface area contributed by atoms with Crippen molar-refractivity contribution in [2.75, 3.05) is 20.7 Å². The van der Waals surface area contributed by atoms with Gasteiger partial charge in [0.2, 0.25) is 0 Å². The molecule has 0 aliphatic heterocycles. The Kier molecular flexibility index (Phi) is 9.06. The monoisotopic (exact) mass is 424 g/mol. The molecule has 7 heteroatoms. The minimum Gasteiger partial charge on any atom is -0.484 e. The van der Waals surface area contributed by atoms with Crippen molar-refractivity contribution in [2.45, 2.75) is 32.7 Å². The van der Waals surface area contributed by atoms with Crippen LogP contribution in [0, 0.1) is 0 Å². The highest BCUT2D eigenvalue weighted by Gasteiger charge is 2.23. The van der Waals surface area contributed by atoms with Crippen molar-refractivity contribution >= 4 is 17.7 Å². The van der Waals surface area contributed by atoms with Gasteiger partial charge in [0.15, 0.2) is 5.90 Å². The van der Waals surface area contributed by atoms with Gasteiger partial charge in [-0.1, -0.05) is 36.4 Å². The summed E-state index contributed by atoms with van der Waals surface area (Å²) in [4.78, 5) is 31.5. The predicted molar refractivity (Wildman–Crippen MR) is 123 cm³/mol. The number of likely N-dealkylation sites (N-methyl/N-ethyl adjacent to an activating group) is 1. The van der Waals surface area contributed by atoms with Crippen LogP contribution < -0.4 is 5.32 Å². The van der Waals surface area contributed by atoms with E-state index in [9.17, 15) is 9.59 Å². The first-order chi connectivity index (χ1) is 14.9. The SMILES string of the molecule is CC=C(N=C(C)OC)C(=O)N(C)C(CCNC(=O)c1cccn1C)Cc1ccccc1. The molecule has 7 nitrogen and oxygen atoms in total. The fourth-order valence-electron chi connectivity index (χ4n) is 3.26. The third-order valence-corrected chi connectivity index (χ3v) is 5.19. The van der Waals surface area contributed by atoms with Gasteiger partial charge >= 0.3 is 0 Å². The second kappa shape index (κ2) is 11.7. The molecule has 1 aromatic heterocycles. The van der Waals surface area contributed by atoms with Gasteiger partial charge < -0.3 is 19.5 Å². The number of aliphatic imine (C=N–C) groups is 1. The van der Waals surface area contributed by atoms with Gasteiger partial charge in [0.05, 0.1) is 7.11 Å². The zero-order valence-electron chi connectivity index (χ0n) is 19.0. The molecule has 31 heavy (non-hydrogen) atoms. The van der Waals surface area contributed by atoms with Crippen LogP contribution in [0.25, 0.3) is 0 Å². The molecule has 1 atom stereocenters. The molecule has 1 N–H and O–H groups in total. The lowest BCUT2D eigenvalue weighted by molar-refractivity contribution is -0.128. The maximum absolute atomic E-state index is 13.1. The Hall–Kier alpha value is -3.35. The van der Waals surface area contributed by atoms with Gasteiger partial charge in [-0.2, -0.15) is 0 Å². The first-order valence-corrected chi connectivity index (χ1v) is 10.3. The molecule has 166 valence electrons. The molecular weight excluding hydrogens is 392 g/mol. The average Bonchev–Trinajstić information content (AvgIpc) is 3.22. The van der Waals surface area contributed by atoms with E-state index in [0.717, 1.165) is 5.56 Å². The van der Waals surface area contributed by atoms with Gasteiger partial charge in [-0.3, -0.25) is 9.59 Å². The van der Waals surface area contributed by atoms with E-state index in [-0.39, 0.29) is 17.9 Å². The molecular formula is C24H32N4O3. The molecule has 1 unspecified atom stereocenters. The van der Waals surface area contributed by atoms with Crippen LogP contribution in [0.3, 0.4) is 0 Å². The molecule has 1 aromatic carbocycles. The maximum Gasteiger partial charge on any atom is 0.272 e. The van der Waals surface area contributed by atoms with Gasteiger partial charge in [0.25, 0.3) is 11.8 Å². The molecule has 0 spiro atoms. The number of nitrogens with one attached hydrogen (secondary N) is 1. The summed E-state index contributed by atoms with van der Waals surface area (Å²) < 4.78 is 6.87. The number of carbonyl (C=O) groups is 2. The van der Waals surface area contributed by atoms with Crippen molar-refractivity contribution in [2.24, 2.45) is 12.0 Å². The molecule has 0 saturated heterocycles. The third-order valence-electron chi connectivity index (χ3n) is 5.19. The first kappa shape index (κ1) is 23.9. The van der Waals surface area contributed by atoms with Gasteiger partial charge in [-0.15, -0.1) is 0 Å². The van der Waals surface area contributed by atoms with E-state index in [1.54, 1.807) is 42.5 Å². The van der Waals surface area contributed by atoms with Crippen molar-refractivity contribution < 1.29 is 14.3 Å². The number of methoxy groups -OCH3 is 1. The van der Waals surface area contributed by atoms with Crippen molar-refractivity contribution in [3.8, 4) is 0 Å². The minimum absolute atomic E-state index is 0.114. The third kappa shape index (κ3) is 6.84. The Morgan fingerprint density at radius 2 is 1.94 bits per heavy atom. The van der Waals surface area contributed by atoms with Crippen LogP contribution >= 0.6 is 0 Å². The molecule has 2 aromatic rings. The van der Waals surface area contributed by atoms with E-state index in [0.29, 0.717) is 36.7 Å². The maximum atomic E-state index is 13.1. The fraction of sp³-hybridized carbons (Fsp3) is 0.375. The topological polar surface area (TPSA) is 75.9 Å². The second-order valence-corrected chi connectivity index (χ2v) is 7.32. The molecule has 2 rings (SSSR count). The molecule has 1 heterocycles. The Bertz CT molecular complexity index is 931. The van der Waals surface area contributed by atoms with E-state index in [1.807, 2.05) is 49.6 Å². The van der Waals surface area contributed by atoms with Crippen molar-refractivity contribution in [1.82, 2.24) is 14.8 Å². The highest BCUT2D eigenvalue weighted by atomic mass is 16.5. The van der Waals surface area contributed by atoms with Gasteiger partial charge in [-0.05, 0) is 37.5 Å². The van der Waals surface area contributed by atoms with E-state index >= 15 is 0 Å². The second-order valence-electron chi connectivity index (χ2n) is 7.32. The average molecular weight is 425 g/mol. The summed E-state index contributed by atoms with van der Waals surface area (Å²) >= 11 is 0. The van der Waals surface area contributed by atoms with Crippen LogP contribution in [0.1, 0.15) is 36.3 Å². The first-order valence-electron chi connectivity index (χ1n) is 10.3. The number of amides is 2. The number of ether oxygens (including phenoxy) is 1. The number of aryl methyl sites for hydroxylation is 1. The van der Waals surface area contributed by atoms with E-state index < -0.39 is 0 Å². The number of rotatable bonds is 9. The highest BCUT2D eigenvalue weighted by Crippen LogP contribution is 2.15. The Morgan fingerprint density at radius 1 is 1.23 bits per heavy atom. The summed E-state index contributed by atoms with van der Waals surface area (Å²) in [6, 6.07) is 13.5. The summed E-state index contributed by atoms with van der Waals surface area (Å²) in [6.45, 7) is 3.93. The number of carbonyl (C=O) groups excluding carboxylic acids is 2. The summed E-state index contributed by atoms with van der Waals surface area (Å²) in [7, 11) is 5.13. The predicted octanol–water partition coefficient (Wildman–Crippen LogP) is 3.18.